The zero-order valence-corrected chi connectivity index (χ0v) is 13.5. The van der Waals surface area contributed by atoms with E-state index in [2.05, 4.69) is 0 Å². The van der Waals surface area contributed by atoms with E-state index in [0.29, 0.717) is 5.56 Å². The Morgan fingerprint density at radius 1 is 0.955 bits per heavy atom. The van der Waals surface area contributed by atoms with Crippen LogP contribution < -0.4 is 0 Å². The van der Waals surface area contributed by atoms with E-state index in [9.17, 15) is 18.6 Å². The maximum Gasteiger partial charge on any atom is 0.298 e. The van der Waals surface area contributed by atoms with E-state index >= 15 is 0 Å². The summed E-state index contributed by atoms with van der Waals surface area (Å²) in [6.45, 7) is 3.66. The molecule has 0 bridgehead atoms. The van der Waals surface area contributed by atoms with Gasteiger partial charge in [-0.05, 0) is 35.4 Å². The van der Waals surface area contributed by atoms with Crippen molar-refractivity contribution in [2.75, 3.05) is 0 Å². The smallest absolute Gasteiger partial charge is 0.298 e. The molecule has 7 heteroatoms. The SMILES string of the molecule is CC(C)(c1ccc(O)c(Cl)c1)c1ccc(O)c(S(=O)(=O)O)c1. The Bertz CT molecular complexity index is 828. The van der Waals surface area contributed by atoms with Crippen LogP contribution in [-0.4, -0.2) is 23.2 Å². The van der Waals surface area contributed by atoms with Gasteiger partial charge in [0.05, 0.1) is 5.02 Å². The molecule has 2 rings (SSSR count). The number of benzene rings is 2. The second-order valence-electron chi connectivity index (χ2n) is 5.45. The standard InChI is InChI=1S/C15H15ClO5S/c1-15(2,9-3-5-12(17)11(16)7-9)10-4-6-13(18)14(8-10)22(19,20)21/h3-8,17-18H,1-2H3,(H,19,20,21). The molecule has 2 aromatic rings. The van der Waals surface area contributed by atoms with Crippen LogP contribution in [0.3, 0.4) is 0 Å². The first-order chi connectivity index (χ1) is 10.0. The van der Waals surface area contributed by atoms with Gasteiger partial charge in [0, 0.05) is 5.41 Å². The van der Waals surface area contributed by atoms with Crippen molar-refractivity contribution in [3.63, 3.8) is 0 Å². The first kappa shape index (κ1) is 16.6. The lowest BCUT2D eigenvalue weighted by Gasteiger charge is -2.27. The third-order valence-electron chi connectivity index (χ3n) is 3.63. The summed E-state index contributed by atoms with van der Waals surface area (Å²) in [5.41, 5.74) is 0.631. The van der Waals surface area contributed by atoms with Crippen LogP contribution in [0, 0.1) is 0 Å². The van der Waals surface area contributed by atoms with Crippen LogP contribution in [-0.2, 0) is 15.5 Å². The zero-order valence-electron chi connectivity index (χ0n) is 11.9. The Labute approximate surface area is 133 Å². The van der Waals surface area contributed by atoms with Crippen LogP contribution in [0.5, 0.6) is 11.5 Å². The molecule has 118 valence electrons. The molecule has 0 saturated carbocycles. The minimum Gasteiger partial charge on any atom is -0.506 e. The van der Waals surface area contributed by atoms with Crippen molar-refractivity contribution in [3.05, 3.63) is 52.5 Å². The summed E-state index contributed by atoms with van der Waals surface area (Å²) in [6.07, 6.45) is 0. The lowest BCUT2D eigenvalue weighted by molar-refractivity contribution is 0.442. The van der Waals surface area contributed by atoms with E-state index in [1.54, 1.807) is 18.2 Å². The fourth-order valence-electron chi connectivity index (χ4n) is 2.17. The quantitative estimate of drug-likeness (QED) is 0.744. The Balaban J connectivity index is 2.61. The molecule has 22 heavy (non-hydrogen) atoms. The highest BCUT2D eigenvalue weighted by molar-refractivity contribution is 7.86. The van der Waals surface area contributed by atoms with E-state index in [0.717, 1.165) is 5.56 Å². The largest absolute Gasteiger partial charge is 0.506 e. The van der Waals surface area contributed by atoms with E-state index in [-0.39, 0.29) is 10.8 Å². The number of aromatic hydroxyl groups is 2. The Kier molecular flexibility index (Phi) is 4.12. The maximum atomic E-state index is 11.3. The van der Waals surface area contributed by atoms with Crippen LogP contribution in [0.15, 0.2) is 41.3 Å². The van der Waals surface area contributed by atoms with Gasteiger partial charge in [0.2, 0.25) is 0 Å². The zero-order chi connectivity index (χ0) is 16.7. The number of phenols is 2. The van der Waals surface area contributed by atoms with Crippen LogP contribution in [0.4, 0.5) is 0 Å². The molecule has 0 spiro atoms. The molecular weight excluding hydrogens is 328 g/mol. The van der Waals surface area contributed by atoms with Crippen molar-refractivity contribution < 1.29 is 23.2 Å². The molecule has 0 aromatic heterocycles. The average Bonchev–Trinajstić information content (AvgIpc) is 2.40. The minimum absolute atomic E-state index is 0.0504. The summed E-state index contributed by atoms with van der Waals surface area (Å²) >= 11 is 5.91. The van der Waals surface area contributed by atoms with E-state index < -0.39 is 26.2 Å². The lowest BCUT2D eigenvalue weighted by atomic mass is 9.78. The molecular formula is C15H15ClO5S. The summed E-state index contributed by atoms with van der Waals surface area (Å²) in [5.74, 6) is -0.573. The van der Waals surface area contributed by atoms with Gasteiger partial charge in [-0.2, -0.15) is 8.42 Å². The Hall–Kier alpha value is -1.76. The van der Waals surface area contributed by atoms with Crippen molar-refractivity contribution in [3.8, 4) is 11.5 Å². The molecule has 0 aliphatic carbocycles. The molecule has 0 radical (unpaired) electrons. The van der Waals surface area contributed by atoms with Crippen LogP contribution in [0.2, 0.25) is 5.02 Å². The highest BCUT2D eigenvalue weighted by atomic mass is 35.5. The second-order valence-corrected chi connectivity index (χ2v) is 7.25. The van der Waals surface area contributed by atoms with Gasteiger partial charge in [-0.25, -0.2) is 0 Å². The summed E-state index contributed by atoms with van der Waals surface area (Å²) in [4.78, 5) is -0.553. The first-order valence-electron chi connectivity index (χ1n) is 6.33. The molecule has 0 aliphatic heterocycles. The van der Waals surface area contributed by atoms with Crippen molar-refractivity contribution in [2.45, 2.75) is 24.2 Å². The molecule has 5 nitrogen and oxygen atoms in total. The third-order valence-corrected chi connectivity index (χ3v) is 4.81. The highest BCUT2D eigenvalue weighted by Crippen LogP contribution is 2.37. The molecule has 2 aromatic carbocycles. The predicted octanol–water partition coefficient (Wildman–Crippen LogP) is 3.32. The molecule has 0 aliphatic rings. The van der Waals surface area contributed by atoms with Crippen LogP contribution >= 0.6 is 11.6 Å². The normalized spacial score (nSPS) is 12.4. The Morgan fingerprint density at radius 3 is 1.95 bits per heavy atom. The van der Waals surface area contributed by atoms with Gasteiger partial charge in [0.1, 0.15) is 16.4 Å². The second kappa shape index (κ2) is 5.46. The molecule has 0 amide bonds. The van der Waals surface area contributed by atoms with Crippen molar-refractivity contribution in [1.82, 2.24) is 0 Å². The molecule has 3 N–H and O–H groups in total. The van der Waals surface area contributed by atoms with Gasteiger partial charge in [-0.3, -0.25) is 4.55 Å². The van der Waals surface area contributed by atoms with Gasteiger partial charge in [0.25, 0.3) is 10.1 Å². The van der Waals surface area contributed by atoms with Gasteiger partial charge < -0.3 is 10.2 Å². The summed E-state index contributed by atoms with van der Waals surface area (Å²) in [7, 11) is -4.53. The average molecular weight is 343 g/mol. The number of phenolic OH excluding ortho intramolecular Hbond substituents is 2. The topological polar surface area (TPSA) is 94.8 Å². The van der Waals surface area contributed by atoms with E-state index in [1.807, 2.05) is 13.8 Å². The van der Waals surface area contributed by atoms with Crippen molar-refractivity contribution in [1.29, 1.82) is 0 Å². The van der Waals surface area contributed by atoms with Crippen molar-refractivity contribution in [2.24, 2.45) is 0 Å². The minimum atomic E-state index is -4.53. The fraction of sp³-hybridized carbons (Fsp3) is 0.200. The molecule has 0 unspecified atom stereocenters. The van der Waals surface area contributed by atoms with E-state index in [4.69, 9.17) is 16.2 Å². The van der Waals surface area contributed by atoms with Crippen LogP contribution in [0.1, 0.15) is 25.0 Å². The number of hydrogen-bond donors (Lipinski definition) is 3. The monoisotopic (exact) mass is 342 g/mol. The fourth-order valence-corrected chi connectivity index (χ4v) is 2.96. The summed E-state index contributed by atoms with van der Waals surface area (Å²) < 4.78 is 31.8. The number of halogens is 1. The molecule has 0 fully saturated rings. The van der Waals surface area contributed by atoms with E-state index in [1.165, 1.54) is 18.2 Å². The van der Waals surface area contributed by atoms with Gasteiger partial charge in [-0.15, -0.1) is 0 Å². The third kappa shape index (κ3) is 3.04. The van der Waals surface area contributed by atoms with Gasteiger partial charge in [-0.1, -0.05) is 37.6 Å². The number of hydrogen-bond acceptors (Lipinski definition) is 4. The molecule has 0 heterocycles. The Morgan fingerprint density at radius 2 is 1.45 bits per heavy atom. The van der Waals surface area contributed by atoms with Gasteiger partial charge >= 0.3 is 0 Å². The first-order valence-corrected chi connectivity index (χ1v) is 8.15. The van der Waals surface area contributed by atoms with Crippen molar-refractivity contribution >= 4 is 21.7 Å². The summed E-state index contributed by atoms with van der Waals surface area (Å²) in [5, 5.41) is 19.3. The predicted molar refractivity (Wildman–Crippen MR) is 83.2 cm³/mol. The number of rotatable bonds is 3. The van der Waals surface area contributed by atoms with Gasteiger partial charge in [0.15, 0.2) is 0 Å². The van der Waals surface area contributed by atoms with Crippen LogP contribution in [0.25, 0.3) is 0 Å². The lowest BCUT2D eigenvalue weighted by Crippen LogP contribution is -2.19. The molecule has 0 saturated heterocycles. The highest BCUT2D eigenvalue weighted by Gasteiger charge is 2.27. The maximum absolute atomic E-state index is 11.3. The molecule has 0 atom stereocenters. The summed E-state index contributed by atoms with van der Waals surface area (Å²) in [6, 6.07) is 8.68.